The van der Waals surface area contributed by atoms with Gasteiger partial charge in [0.15, 0.2) is 0 Å². The van der Waals surface area contributed by atoms with Crippen molar-refractivity contribution in [1.29, 1.82) is 0 Å². The fraction of sp³-hybridized carbons (Fsp3) is 0.450. The average Bonchev–Trinajstić information content (AvgIpc) is 2.67. The zero-order valence-electron chi connectivity index (χ0n) is 16.6. The second-order valence-electron chi connectivity index (χ2n) is 7.86. The van der Waals surface area contributed by atoms with Crippen LogP contribution in [-0.4, -0.2) is 27.4 Å². The molecular formula is C20H26N7OW-. The van der Waals surface area contributed by atoms with Gasteiger partial charge in [-0.2, -0.15) is 33.7 Å². The molecule has 9 heteroatoms. The predicted octanol–water partition coefficient (Wildman–Crippen LogP) is 2.65. The minimum atomic E-state index is -0.488. The summed E-state index contributed by atoms with van der Waals surface area (Å²) in [5.41, 5.74) is 13.3. The van der Waals surface area contributed by atoms with Crippen molar-refractivity contribution in [3.63, 3.8) is 0 Å². The molecule has 1 amide bonds. The molecule has 3 aliphatic rings. The van der Waals surface area contributed by atoms with Crippen LogP contribution in [0.4, 0.5) is 23.5 Å². The van der Waals surface area contributed by atoms with Crippen molar-refractivity contribution in [1.82, 2.24) is 15.0 Å². The van der Waals surface area contributed by atoms with Crippen LogP contribution >= 0.6 is 0 Å². The molecule has 154 valence electrons. The Bertz CT molecular complexity index is 904. The third kappa shape index (κ3) is 4.53. The summed E-state index contributed by atoms with van der Waals surface area (Å²) < 4.78 is 0. The summed E-state index contributed by atoms with van der Waals surface area (Å²) in [7, 11) is 0. The van der Waals surface area contributed by atoms with Crippen molar-refractivity contribution >= 4 is 29.4 Å². The summed E-state index contributed by atoms with van der Waals surface area (Å²) >= 11 is 0. The Morgan fingerprint density at radius 3 is 2.69 bits per heavy atom. The van der Waals surface area contributed by atoms with Crippen LogP contribution in [0.1, 0.15) is 42.1 Å². The first-order chi connectivity index (χ1) is 13.4. The summed E-state index contributed by atoms with van der Waals surface area (Å²) in [4.78, 5) is 24.2. The minimum absolute atomic E-state index is 0. The van der Waals surface area contributed by atoms with Gasteiger partial charge in [-0.3, -0.25) is 4.79 Å². The normalized spacial score (nSPS) is 22.9. The molecule has 3 atom stereocenters. The number of rotatable bonds is 6. The molecule has 0 unspecified atom stereocenters. The Balaban J connectivity index is 0.00000240. The number of aromatic nitrogens is 3. The zero-order chi connectivity index (χ0) is 19.8. The van der Waals surface area contributed by atoms with Crippen LogP contribution in [0.25, 0.3) is 0 Å². The molecule has 0 spiro atoms. The van der Waals surface area contributed by atoms with Crippen molar-refractivity contribution in [2.45, 2.75) is 33.1 Å². The monoisotopic (exact) mass is 564 g/mol. The number of amides is 1. The molecular weight excluding hydrogens is 538 g/mol. The second kappa shape index (κ2) is 8.65. The SMILES string of the molecule is Cc1ccc(C(N)=O)cc1Nc1nc(N)nc(NC[C@@H]2CC[C@@H]3C[C@@H]2[C-]3C)n1.[W]. The molecule has 0 radical (unpaired) electrons. The van der Waals surface area contributed by atoms with Gasteiger partial charge < -0.3 is 28.0 Å². The van der Waals surface area contributed by atoms with Gasteiger partial charge in [-0.1, -0.05) is 18.9 Å². The molecule has 0 aliphatic heterocycles. The van der Waals surface area contributed by atoms with Crippen LogP contribution in [0, 0.1) is 30.6 Å². The number of hydrogen-bond acceptors (Lipinski definition) is 7. The molecule has 6 N–H and O–H groups in total. The van der Waals surface area contributed by atoms with Gasteiger partial charge in [-0.05, 0) is 30.5 Å². The van der Waals surface area contributed by atoms with Gasteiger partial charge in [0.1, 0.15) is 0 Å². The zero-order valence-corrected chi connectivity index (χ0v) is 19.5. The number of nitrogens with two attached hydrogens (primary N) is 2. The van der Waals surface area contributed by atoms with E-state index in [9.17, 15) is 4.79 Å². The molecule has 2 bridgehead atoms. The van der Waals surface area contributed by atoms with Gasteiger partial charge in [-0.25, -0.2) is 0 Å². The number of benzene rings is 1. The number of nitrogens with zero attached hydrogens (tertiary/aromatic N) is 3. The van der Waals surface area contributed by atoms with Crippen LogP contribution in [0.3, 0.4) is 0 Å². The third-order valence-electron chi connectivity index (χ3n) is 6.17. The van der Waals surface area contributed by atoms with Gasteiger partial charge in [-0.15, -0.1) is 6.42 Å². The average molecular weight is 564 g/mol. The molecule has 1 heterocycles. The molecule has 0 saturated heterocycles. The van der Waals surface area contributed by atoms with Crippen LogP contribution < -0.4 is 22.1 Å². The minimum Gasteiger partial charge on any atom is -0.368 e. The quantitative estimate of drug-likeness (QED) is 0.397. The van der Waals surface area contributed by atoms with Gasteiger partial charge in [0.05, 0.1) is 0 Å². The summed E-state index contributed by atoms with van der Waals surface area (Å²) in [6.07, 6.45) is 3.85. The van der Waals surface area contributed by atoms with Crippen molar-refractivity contribution in [3.8, 4) is 0 Å². The maximum atomic E-state index is 11.4. The third-order valence-corrected chi connectivity index (χ3v) is 6.17. The summed E-state index contributed by atoms with van der Waals surface area (Å²) in [6.45, 7) is 5.04. The number of aryl methyl sites for hydroxylation is 1. The smallest absolute Gasteiger partial charge is 0.248 e. The summed E-state index contributed by atoms with van der Waals surface area (Å²) in [5.74, 6) is 4.28. The molecule has 5 rings (SSSR count). The summed E-state index contributed by atoms with van der Waals surface area (Å²) in [5, 5.41) is 6.45. The number of carbonyl (C=O) groups is 1. The van der Waals surface area contributed by atoms with Crippen LogP contribution in [-0.2, 0) is 21.1 Å². The standard InChI is InChI=1S/C20H26N7O.W/c1-10-3-4-13(17(21)28)8-16(10)24-20-26-18(22)25-19(27-20)23-9-14-6-5-12-7-15(14)11(12)2;/h3-4,8,12,14-15H,5-7,9H2,1-2H3,(H2,21,28)(H4,22,23,24,25,26,27);/q-1;/t12-,14+,15-;/m1./s1. The van der Waals surface area contributed by atoms with E-state index in [-0.39, 0.29) is 27.0 Å². The fourth-order valence-electron chi connectivity index (χ4n) is 4.37. The second-order valence-corrected chi connectivity index (χ2v) is 7.86. The number of carbonyl (C=O) groups excluding carboxylic acids is 1. The van der Waals surface area contributed by atoms with E-state index in [1.165, 1.54) is 19.3 Å². The largest absolute Gasteiger partial charge is 0.368 e. The maximum absolute atomic E-state index is 11.4. The van der Waals surface area contributed by atoms with E-state index < -0.39 is 5.91 Å². The molecule has 1 aromatic carbocycles. The Kier molecular flexibility index (Phi) is 6.42. The predicted molar refractivity (Wildman–Crippen MR) is 109 cm³/mol. The van der Waals surface area contributed by atoms with Gasteiger partial charge in [0.25, 0.3) is 0 Å². The van der Waals surface area contributed by atoms with Crippen molar-refractivity contribution in [2.75, 3.05) is 22.9 Å². The van der Waals surface area contributed by atoms with Crippen LogP contribution in [0.2, 0.25) is 0 Å². The number of hydrogen-bond donors (Lipinski definition) is 4. The van der Waals surface area contributed by atoms with Crippen molar-refractivity contribution < 1.29 is 25.9 Å². The Hall–Kier alpha value is -2.21. The van der Waals surface area contributed by atoms with E-state index in [0.29, 0.717) is 29.1 Å². The van der Waals surface area contributed by atoms with Crippen LogP contribution in [0.5, 0.6) is 0 Å². The van der Waals surface area contributed by atoms with Crippen molar-refractivity contribution in [2.24, 2.45) is 23.5 Å². The fourth-order valence-corrected chi connectivity index (χ4v) is 4.37. The molecule has 3 saturated carbocycles. The van der Waals surface area contributed by atoms with Gasteiger partial charge >= 0.3 is 0 Å². The number of fused-ring (bicyclic) bond motifs is 2. The molecule has 8 nitrogen and oxygen atoms in total. The maximum Gasteiger partial charge on any atom is 0.248 e. The summed E-state index contributed by atoms with van der Waals surface area (Å²) in [6, 6.07) is 5.18. The van der Waals surface area contributed by atoms with E-state index in [0.717, 1.165) is 23.9 Å². The molecule has 2 aromatic rings. The Morgan fingerprint density at radius 1 is 1.24 bits per heavy atom. The first kappa shape index (κ1) is 21.5. The number of primary amides is 1. The first-order valence-electron chi connectivity index (χ1n) is 9.67. The number of nitrogen functional groups attached to an aromatic ring is 1. The molecule has 3 aliphatic carbocycles. The van der Waals surface area contributed by atoms with E-state index >= 15 is 0 Å². The topological polar surface area (TPSA) is 132 Å². The van der Waals surface area contributed by atoms with E-state index in [1.54, 1.807) is 18.1 Å². The first-order valence-corrected chi connectivity index (χ1v) is 9.67. The molecule has 29 heavy (non-hydrogen) atoms. The van der Waals surface area contributed by atoms with Crippen LogP contribution in [0.15, 0.2) is 18.2 Å². The van der Waals surface area contributed by atoms with Crippen molar-refractivity contribution in [3.05, 3.63) is 35.2 Å². The Labute approximate surface area is 184 Å². The molecule has 1 aromatic heterocycles. The number of anilines is 4. The Morgan fingerprint density at radius 2 is 2.00 bits per heavy atom. The van der Waals surface area contributed by atoms with E-state index in [1.807, 2.05) is 13.0 Å². The van der Waals surface area contributed by atoms with E-state index in [2.05, 4.69) is 32.5 Å². The number of nitrogens with one attached hydrogen (secondary N) is 2. The molecule has 3 fully saturated rings. The van der Waals surface area contributed by atoms with E-state index in [4.69, 9.17) is 11.5 Å². The van der Waals surface area contributed by atoms with Gasteiger partial charge in [0.2, 0.25) is 23.8 Å². The van der Waals surface area contributed by atoms with Gasteiger partial charge in [0, 0.05) is 38.9 Å².